The molecule has 1 rings (SSSR count). The van der Waals surface area contributed by atoms with E-state index in [0.29, 0.717) is 6.54 Å². The molecule has 0 bridgehead atoms. The van der Waals surface area contributed by atoms with Crippen molar-refractivity contribution in [3.05, 3.63) is 16.1 Å². The van der Waals surface area contributed by atoms with E-state index in [0.717, 1.165) is 12.2 Å². The minimum atomic E-state index is -0.437. The van der Waals surface area contributed by atoms with Crippen LogP contribution < -0.4 is 0 Å². The molecule has 0 aliphatic rings. The third kappa shape index (κ3) is 3.26. The number of hydrogen-bond donors (Lipinski definition) is 0. The summed E-state index contributed by atoms with van der Waals surface area (Å²) < 4.78 is 0. The topological polar surface area (TPSA) is 39.9 Å². The fraction of sp³-hybridized carbons (Fsp3) is 0.556. The zero-order valence-electron chi connectivity index (χ0n) is 8.20. The van der Waals surface area contributed by atoms with Crippen molar-refractivity contribution in [2.75, 3.05) is 13.6 Å². The molecule has 3 nitrogen and oxygen atoms in total. The van der Waals surface area contributed by atoms with E-state index in [4.69, 9.17) is 16.9 Å². The van der Waals surface area contributed by atoms with Gasteiger partial charge in [0.05, 0.1) is 17.3 Å². The van der Waals surface area contributed by atoms with Gasteiger partial charge in [-0.25, -0.2) is 4.98 Å². The number of halogens is 1. The predicted octanol–water partition coefficient (Wildman–Crippen LogP) is 2.01. The van der Waals surface area contributed by atoms with Crippen LogP contribution in [0.5, 0.6) is 0 Å². The van der Waals surface area contributed by atoms with E-state index in [1.54, 1.807) is 11.3 Å². The lowest BCUT2D eigenvalue weighted by molar-refractivity contribution is 0.339. The van der Waals surface area contributed by atoms with Gasteiger partial charge < -0.3 is 0 Å². The first kappa shape index (κ1) is 11.4. The molecule has 0 aliphatic heterocycles. The van der Waals surface area contributed by atoms with E-state index >= 15 is 0 Å². The standard InChI is InChI=1S/C9H12ClN3S/c1-7-9(14-6-12-7)5-13(2)4-8(10)3-11/h6,8H,4-5H2,1-2H3. The Morgan fingerprint density at radius 1 is 1.79 bits per heavy atom. The van der Waals surface area contributed by atoms with Gasteiger partial charge in [-0.2, -0.15) is 5.26 Å². The smallest absolute Gasteiger partial charge is 0.133 e. The Kier molecular flexibility index (Phi) is 4.33. The van der Waals surface area contributed by atoms with E-state index < -0.39 is 5.38 Å². The molecule has 1 aromatic rings. The van der Waals surface area contributed by atoms with Gasteiger partial charge in [0.1, 0.15) is 5.38 Å². The van der Waals surface area contributed by atoms with Crippen LogP contribution in [0.15, 0.2) is 5.51 Å². The third-order valence-corrected chi connectivity index (χ3v) is 3.03. The second kappa shape index (κ2) is 5.30. The predicted molar refractivity (Wildman–Crippen MR) is 58.4 cm³/mol. The molecule has 0 saturated carbocycles. The van der Waals surface area contributed by atoms with Crippen molar-refractivity contribution >= 4 is 22.9 Å². The molecule has 0 N–H and O–H groups in total. The molecule has 0 saturated heterocycles. The molecule has 0 radical (unpaired) electrons. The second-order valence-corrected chi connectivity index (χ2v) is 4.62. The lowest BCUT2D eigenvalue weighted by atomic mass is 10.3. The minimum Gasteiger partial charge on any atom is -0.299 e. The van der Waals surface area contributed by atoms with Gasteiger partial charge in [-0.1, -0.05) is 0 Å². The van der Waals surface area contributed by atoms with E-state index in [9.17, 15) is 0 Å². The van der Waals surface area contributed by atoms with Gasteiger partial charge in [0, 0.05) is 18.0 Å². The molecular formula is C9H12ClN3S. The summed E-state index contributed by atoms with van der Waals surface area (Å²) in [7, 11) is 1.95. The first-order valence-corrected chi connectivity index (χ1v) is 5.56. The van der Waals surface area contributed by atoms with Gasteiger partial charge in [-0.05, 0) is 14.0 Å². The highest BCUT2D eigenvalue weighted by molar-refractivity contribution is 7.09. The Labute approximate surface area is 92.9 Å². The van der Waals surface area contributed by atoms with Crippen LogP contribution in [0.3, 0.4) is 0 Å². The number of nitriles is 1. The summed E-state index contributed by atoms with van der Waals surface area (Å²) in [5.41, 5.74) is 2.89. The van der Waals surface area contributed by atoms with E-state index in [1.165, 1.54) is 4.88 Å². The molecule has 0 spiro atoms. The molecule has 5 heteroatoms. The Bertz CT molecular complexity index is 331. The Hall–Kier alpha value is -0.630. The SMILES string of the molecule is Cc1ncsc1CN(C)CC(Cl)C#N. The fourth-order valence-corrected chi connectivity index (χ4v) is 2.19. The molecule has 1 atom stereocenters. The summed E-state index contributed by atoms with van der Waals surface area (Å²) in [6, 6.07) is 2.00. The van der Waals surface area contributed by atoms with E-state index in [-0.39, 0.29) is 0 Å². The lowest BCUT2D eigenvalue weighted by Gasteiger charge is -2.15. The number of alkyl halides is 1. The van der Waals surface area contributed by atoms with Gasteiger partial charge in [0.2, 0.25) is 0 Å². The first-order valence-electron chi connectivity index (χ1n) is 4.24. The molecule has 0 fully saturated rings. The Morgan fingerprint density at radius 2 is 2.50 bits per heavy atom. The Morgan fingerprint density at radius 3 is 3.00 bits per heavy atom. The highest BCUT2D eigenvalue weighted by Gasteiger charge is 2.09. The van der Waals surface area contributed by atoms with Crippen molar-refractivity contribution in [2.24, 2.45) is 0 Å². The van der Waals surface area contributed by atoms with Crippen molar-refractivity contribution in [1.29, 1.82) is 5.26 Å². The molecule has 1 unspecified atom stereocenters. The molecule has 1 aromatic heterocycles. The average molecular weight is 230 g/mol. The van der Waals surface area contributed by atoms with Crippen LogP contribution in [0.2, 0.25) is 0 Å². The van der Waals surface area contributed by atoms with Crippen LogP contribution in [-0.4, -0.2) is 28.9 Å². The van der Waals surface area contributed by atoms with Gasteiger partial charge in [0.15, 0.2) is 0 Å². The van der Waals surface area contributed by atoms with Gasteiger partial charge >= 0.3 is 0 Å². The number of nitrogens with zero attached hydrogens (tertiary/aromatic N) is 3. The average Bonchev–Trinajstić information content (AvgIpc) is 2.51. The first-order chi connectivity index (χ1) is 6.63. The molecular weight excluding hydrogens is 218 g/mol. The van der Waals surface area contributed by atoms with Crippen LogP contribution in [0.25, 0.3) is 0 Å². The lowest BCUT2D eigenvalue weighted by Crippen LogP contribution is -2.24. The third-order valence-electron chi connectivity index (χ3n) is 1.87. The molecule has 76 valence electrons. The molecule has 1 heterocycles. The largest absolute Gasteiger partial charge is 0.299 e. The van der Waals surface area contributed by atoms with Crippen molar-refractivity contribution in [3.8, 4) is 6.07 Å². The maximum absolute atomic E-state index is 8.55. The quantitative estimate of drug-likeness (QED) is 0.742. The normalized spacial score (nSPS) is 12.8. The highest BCUT2D eigenvalue weighted by Crippen LogP contribution is 2.14. The number of rotatable bonds is 4. The summed E-state index contributed by atoms with van der Waals surface area (Å²) in [5.74, 6) is 0. The van der Waals surface area contributed by atoms with Gasteiger partial charge in [-0.3, -0.25) is 4.90 Å². The summed E-state index contributed by atoms with van der Waals surface area (Å²) in [6.45, 7) is 3.37. The fourth-order valence-electron chi connectivity index (χ4n) is 1.10. The molecule has 0 amide bonds. The monoisotopic (exact) mass is 229 g/mol. The molecule has 0 aromatic carbocycles. The highest BCUT2D eigenvalue weighted by atomic mass is 35.5. The zero-order chi connectivity index (χ0) is 10.6. The molecule has 0 aliphatic carbocycles. The van der Waals surface area contributed by atoms with Gasteiger partial charge in [0.25, 0.3) is 0 Å². The van der Waals surface area contributed by atoms with Crippen molar-refractivity contribution < 1.29 is 0 Å². The van der Waals surface area contributed by atoms with Crippen molar-refractivity contribution in [3.63, 3.8) is 0 Å². The summed E-state index contributed by atoms with van der Waals surface area (Å²) >= 11 is 7.36. The van der Waals surface area contributed by atoms with E-state index in [1.807, 2.05) is 30.5 Å². The maximum Gasteiger partial charge on any atom is 0.133 e. The number of aromatic nitrogens is 1. The van der Waals surface area contributed by atoms with Crippen LogP contribution in [0, 0.1) is 18.3 Å². The number of aryl methyl sites for hydroxylation is 1. The van der Waals surface area contributed by atoms with Crippen LogP contribution in [-0.2, 0) is 6.54 Å². The summed E-state index contributed by atoms with van der Waals surface area (Å²) in [6.07, 6.45) is 0. The van der Waals surface area contributed by atoms with Gasteiger partial charge in [-0.15, -0.1) is 22.9 Å². The zero-order valence-corrected chi connectivity index (χ0v) is 9.77. The van der Waals surface area contributed by atoms with Crippen LogP contribution >= 0.6 is 22.9 Å². The second-order valence-electron chi connectivity index (χ2n) is 3.15. The number of hydrogen-bond acceptors (Lipinski definition) is 4. The summed E-state index contributed by atoms with van der Waals surface area (Å²) in [5, 5.41) is 8.11. The summed E-state index contributed by atoms with van der Waals surface area (Å²) in [4.78, 5) is 7.42. The minimum absolute atomic E-state index is 0.437. The maximum atomic E-state index is 8.55. The van der Waals surface area contributed by atoms with E-state index in [2.05, 4.69) is 4.98 Å². The van der Waals surface area contributed by atoms with Crippen molar-refractivity contribution in [1.82, 2.24) is 9.88 Å². The van der Waals surface area contributed by atoms with Crippen LogP contribution in [0.1, 0.15) is 10.6 Å². The van der Waals surface area contributed by atoms with Crippen molar-refractivity contribution in [2.45, 2.75) is 18.8 Å². The molecule has 14 heavy (non-hydrogen) atoms. The van der Waals surface area contributed by atoms with Crippen LogP contribution in [0.4, 0.5) is 0 Å². The number of thiazole rings is 1. The Balaban J connectivity index is 2.46.